The second-order valence-corrected chi connectivity index (χ2v) is 7.55. The van der Waals surface area contributed by atoms with Gasteiger partial charge in [-0.2, -0.15) is 0 Å². The predicted octanol–water partition coefficient (Wildman–Crippen LogP) is 2.41. The van der Waals surface area contributed by atoms with Crippen LogP contribution >= 0.6 is 23.2 Å². The maximum Gasteiger partial charge on any atom is 0.325 e. The number of nitrogens with one attached hydrogen (secondary N) is 1. The number of urea groups is 1. The van der Waals surface area contributed by atoms with E-state index in [4.69, 9.17) is 27.9 Å². The van der Waals surface area contributed by atoms with Crippen molar-refractivity contribution in [1.29, 1.82) is 0 Å². The Labute approximate surface area is 137 Å². The first-order valence-corrected chi connectivity index (χ1v) is 7.94. The number of hydrogen-bond donors (Lipinski definition) is 1. The van der Waals surface area contributed by atoms with E-state index in [2.05, 4.69) is 5.32 Å². The van der Waals surface area contributed by atoms with Gasteiger partial charge in [-0.1, -0.05) is 18.2 Å². The van der Waals surface area contributed by atoms with Gasteiger partial charge in [0.15, 0.2) is 5.54 Å². The molecule has 3 aliphatic rings. The Bertz CT molecular complexity index is 679. The van der Waals surface area contributed by atoms with Crippen molar-refractivity contribution in [3.05, 3.63) is 29.8 Å². The minimum Gasteiger partial charge on any atom is -0.493 e. The fourth-order valence-electron chi connectivity index (χ4n) is 3.23. The van der Waals surface area contributed by atoms with Crippen LogP contribution in [0.4, 0.5) is 4.79 Å². The second kappa shape index (κ2) is 4.52. The van der Waals surface area contributed by atoms with Crippen LogP contribution < -0.4 is 10.1 Å². The molecule has 1 aliphatic carbocycles. The molecule has 1 N–H and O–H groups in total. The number of para-hydroxylation sites is 1. The zero-order valence-electron chi connectivity index (χ0n) is 11.6. The molecule has 7 heteroatoms. The second-order valence-electron chi connectivity index (χ2n) is 6.01. The van der Waals surface area contributed by atoms with Gasteiger partial charge in [-0.25, -0.2) is 4.79 Å². The van der Waals surface area contributed by atoms with Crippen molar-refractivity contribution >= 4 is 35.1 Å². The summed E-state index contributed by atoms with van der Waals surface area (Å²) in [6.07, 6.45) is 1.02. The van der Waals surface area contributed by atoms with E-state index in [0.29, 0.717) is 30.8 Å². The number of fused-ring (bicyclic) bond motifs is 2. The molecule has 2 atom stereocenters. The third-order valence-electron chi connectivity index (χ3n) is 4.62. The number of carbonyl (C=O) groups excluding carboxylic acids is 2. The van der Waals surface area contributed by atoms with E-state index >= 15 is 0 Å². The monoisotopic (exact) mass is 340 g/mol. The Morgan fingerprint density at radius 2 is 2.05 bits per heavy atom. The first-order valence-electron chi connectivity index (χ1n) is 7.18. The van der Waals surface area contributed by atoms with Crippen LogP contribution in [0.25, 0.3) is 0 Å². The van der Waals surface area contributed by atoms with E-state index < -0.39 is 15.9 Å². The average Bonchev–Trinajstić information content (AvgIpc) is 3.03. The molecule has 22 heavy (non-hydrogen) atoms. The summed E-state index contributed by atoms with van der Waals surface area (Å²) in [5, 5.41) is 2.86. The predicted molar refractivity (Wildman–Crippen MR) is 81.0 cm³/mol. The van der Waals surface area contributed by atoms with Gasteiger partial charge in [0.1, 0.15) is 10.1 Å². The summed E-state index contributed by atoms with van der Waals surface area (Å²) in [5.41, 5.74) is -0.317. The zero-order chi connectivity index (χ0) is 15.5. The molecule has 1 saturated carbocycles. The van der Waals surface area contributed by atoms with E-state index in [9.17, 15) is 9.59 Å². The molecule has 0 aromatic heterocycles. The Morgan fingerprint density at radius 3 is 2.77 bits per heavy atom. The van der Waals surface area contributed by atoms with E-state index in [1.165, 1.54) is 4.90 Å². The molecule has 0 bridgehead atoms. The third-order valence-corrected chi connectivity index (χ3v) is 5.54. The van der Waals surface area contributed by atoms with Crippen molar-refractivity contribution in [3.63, 3.8) is 0 Å². The van der Waals surface area contributed by atoms with Crippen LogP contribution in [0.2, 0.25) is 0 Å². The Balaban J connectivity index is 1.67. The molecule has 0 radical (unpaired) electrons. The lowest BCUT2D eigenvalue weighted by Gasteiger charge is -2.33. The van der Waals surface area contributed by atoms with Gasteiger partial charge in [-0.3, -0.25) is 9.69 Å². The van der Waals surface area contributed by atoms with Gasteiger partial charge in [0.05, 0.1) is 6.61 Å². The molecule has 116 valence electrons. The highest BCUT2D eigenvalue weighted by atomic mass is 35.5. The van der Waals surface area contributed by atoms with Gasteiger partial charge in [-0.05, 0) is 12.5 Å². The maximum atomic E-state index is 12.9. The molecule has 1 aromatic rings. The fourth-order valence-corrected chi connectivity index (χ4v) is 3.74. The number of ether oxygens (including phenoxy) is 1. The SMILES string of the molecule is O=C1NC2(CCOc3ccccc32)C(=O)N1CC1CC1(Cl)Cl. The van der Waals surface area contributed by atoms with Crippen LogP contribution in [-0.4, -0.2) is 34.3 Å². The summed E-state index contributed by atoms with van der Waals surface area (Å²) in [7, 11) is 0. The molecule has 2 fully saturated rings. The lowest BCUT2D eigenvalue weighted by Crippen LogP contribution is -2.47. The maximum absolute atomic E-state index is 12.9. The summed E-state index contributed by atoms with van der Waals surface area (Å²) in [6.45, 7) is 0.637. The molecular formula is C15H14Cl2N2O3. The van der Waals surface area contributed by atoms with Gasteiger partial charge in [-0.15, -0.1) is 23.2 Å². The van der Waals surface area contributed by atoms with Crippen molar-refractivity contribution in [2.24, 2.45) is 5.92 Å². The van der Waals surface area contributed by atoms with Crippen molar-refractivity contribution < 1.29 is 14.3 Å². The number of carbonyl (C=O) groups is 2. The average molecular weight is 341 g/mol. The van der Waals surface area contributed by atoms with Crippen LogP contribution in [-0.2, 0) is 10.3 Å². The highest BCUT2D eigenvalue weighted by Crippen LogP contribution is 2.54. The molecule has 2 unspecified atom stereocenters. The minimum absolute atomic E-state index is 0.0595. The highest BCUT2D eigenvalue weighted by Gasteiger charge is 2.59. The Morgan fingerprint density at radius 1 is 1.32 bits per heavy atom. The van der Waals surface area contributed by atoms with Crippen molar-refractivity contribution in [2.45, 2.75) is 22.7 Å². The summed E-state index contributed by atoms with van der Waals surface area (Å²) in [4.78, 5) is 26.5. The van der Waals surface area contributed by atoms with Gasteiger partial charge in [0.25, 0.3) is 5.91 Å². The lowest BCUT2D eigenvalue weighted by molar-refractivity contribution is -0.132. The van der Waals surface area contributed by atoms with Crippen LogP contribution in [0.3, 0.4) is 0 Å². The molecule has 1 spiro atoms. The van der Waals surface area contributed by atoms with E-state index in [-0.39, 0.29) is 18.4 Å². The quantitative estimate of drug-likeness (QED) is 0.664. The van der Waals surface area contributed by atoms with Gasteiger partial charge >= 0.3 is 6.03 Å². The topological polar surface area (TPSA) is 58.6 Å². The number of amides is 3. The van der Waals surface area contributed by atoms with Crippen LogP contribution in [0.5, 0.6) is 5.75 Å². The zero-order valence-corrected chi connectivity index (χ0v) is 13.2. The number of nitrogens with zero attached hydrogens (tertiary/aromatic N) is 1. The first kappa shape index (κ1) is 14.2. The number of benzene rings is 1. The molecule has 1 saturated heterocycles. The number of halogens is 2. The van der Waals surface area contributed by atoms with E-state index in [1.54, 1.807) is 0 Å². The molecule has 5 nitrogen and oxygen atoms in total. The van der Waals surface area contributed by atoms with E-state index in [0.717, 1.165) is 0 Å². The Hall–Kier alpha value is -1.46. The normalized spacial score (nSPS) is 31.7. The fraction of sp³-hybridized carbons (Fsp3) is 0.467. The number of alkyl halides is 2. The largest absolute Gasteiger partial charge is 0.493 e. The van der Waals surface area contributed by atoms with Crippen molar-refractivity contribution in [2.75, 3.05) is 13.2 Å². The molecule has 1 aromatic carbocycles. The minimum atomic E-state index is -1.03. The van der Waals surface area contributed by atoms with Gasteiger partial charge < -0.3 is 10.1 Å². The van der Waals surface area contributed by atoms with Crippen LogP contribution in [0, 0.1) is 5.92 Å². The lowest BCUT2D eigenvalue weighted by atomic mass is 9.84. The van der Waals surface area contributed by atoms with Crippen LogP contribution in [0.15, 0.2) is 24.3 Å². The number of rotatable bonds is 2. The molecule has 4 rings (SSSR count). The molecule has 2 aliphatic heterocycles. The number of imide groups is 1. The van der Waals surface area contributed by atoms with E-state index in [1.807, 2.05) is 24.3 Å². The first-order chi connectivity index (χ1) is 10.4. The van der Waals surface area contributed by atoms with Crippen molar-refractivity contribution in [1.82, 2.24) is 10.2 Å². The summed E-state index contributed by atoms with van der Waals surface area (Å²) >= 11 is 12.0. The van der Waals surface area contributed by atoms with Gasteiger partial charge in [0, 0.05) is 24.4 Å². The number of hydrogen-bond acceptors (Lipinski definition) is 3. The molecular weight excluding hydrogens is 327 g/mol. The third kappa shape index (κ3) is 1.92. The summed E-state index contributed by atoms with van der Waals surface area (Å²) < 4.78 is 4.78. The van der Waals surface area contributed by atoms with Crippen LogP contribution in [0.1, 0.15) is 18.4 Å². The standard InChI is InChI=1S/C15H14Cl2N2O3/c16-15(17)7-9(15)8-19-12(20)14(18-13(19)21)5-6-22-11-4-2-1-3-10(11)14/h1-4,9H,5-8H2,(H,18,21). The summed E-state index contributed by atoms with van der Waals surface area (Å²) in [6, 6.07) is 6.91. The van der Waals surface area contributed by atoms with Crippen molar-refractivity contribution in [3.8, 4) is 5.75 Å². The smallest absolute Gasteiger partial charge is 0.325 e. The molecule has 2 heterocycles. The van der Waals surface area contributed by atoms with Gasteiger partial charge in [0.2, 0.25) is 0 Å². The Kier molecular flexibility index (Phi) is 2.91. The summed E-state index contributed by atoms with van der Waals surface area (Å²) in [5.74, 6) is 0.333. The molecule has 3 amide bonds. The highest BCUT2D eigenvalue weighted by molar-refractivity contribution is 6.50.